The molecule has 3 rings (SSSR count). The highest BCUT2D eigenvalue weighted by Gasteiger charge is 2.25. The van der Waals surface area contributed by atoms with Crippen LogP contribution in [0.15, 0.2) is 59.5 Å². The third kappa shape index (κ3) is 4.01. The first-order valence-corrected chi connectivity index (χ1v) is 9.59. The van der Waals surface area contributed by atoms with Crippen molar-refractivity contribution in [3.8, 4) is 0 Å². The van der Waals surface area contributed by atoms with Crippen molar-refractivity contribution in [3.63, 3.8) is 0 Å². The van der Waals surface area contributed by atoms with Crippen LogP contribution in [-0.2, 0) is 10.0 Å². The minimum atomic E-state index is -3.65. The molecule has 0 amide bonds. The Labute approximate surface area is 142 Å². The maximum absolute atomic E-state index is 13.0. The summed E-state index contributed by atoms with van der Waals surface area (Å²) in [4.78, 5) is 2.39. The monoisotopic (exact) mass is 348 g/mol. The van der Waals surface area contributed by atoms with Crippen LogP contribution in [0.3, 0.4) is 0 Å². The molecular weight excluding hydrogens is 327 g/mol. The molecule has 1 N–H and O–H groups in total. The first-order valence-electron chi connectivity index (χ1n) is 8.10. The molecule has 1 aliphatic rings. The Kier molecular flexibility index (Phi) is 5.28. The maximum atomic E-state index is 13.0. The van der Waals surface area contributed by atoms with Gasteiger partial charge in [-0.3, -0.25) is 4.90 Å². The summed E-state index contributed by atoms with van der Waals surface area (Å²) in [5, 5.41) is 0. The summed E-state index contributed by atoms with van der Waals surface area (Å²) in [7, 11) is -3.65. The van der Waals surface area contributed by atoms with Gasteiger partial charge in [0.25, 0.3) is 0 Å². The third-order valence-electron chi connectivity index (χ3n) is 4.36. The predicted octanol–water partition coefficient (Wildman–Crippen LogP) is 2.94. The van der Waals surface area contributed by atoms with E-state index >= 15 is 0 Å². The topological polar surface area (TPSA) is 49.4 Å². The number of hydrogen-bond acceptors (Lipinski definition) is 3. The van der Waals surface area contributed by atoms with Gasteiger partial charge in [-0.1, -0.05) is 30.3 Å². The number of sulfonamides is 1. The van der Waals surface area contributed by atoms with Crippen LogP contribution >= 0.6 is 0 Å². The van der Waals surface area contributed by atoms with Crippen molar-refractivity contribution in [2.24, 2.45) is 0 Å². The molecule has 0 bridgehead atoms. The molecule has 0 radical (unpaired) electrons. The molecule has 2 aromatic carbocycles. The van der Waals surface area contributed by atoms with E-state index in [1.807, 2.05) is 30.3 Å². The summed E-state index contributed by atoms with van der Waals surface area (Å²) >= 11 is 0. The Hall–Kier alpha value is -1.76. The van der Waals surface area contributed by atoms with E-state index in [0.29, 0.717) is 6.54 Å². The first kappa shape index (κ1) is 17.1. The standard InChI is InChI=1S/C18H21FN2O2S/c19-16-8-10-17(11-9-16)24(22,23)20-14-18(21-12-4-5-13-21)15-6-2-1-3-7-15/h1-3,6-11,18,20H,4-5,12-14H2/t18-/m1/s1. The highest BCUT2D eigenvalue weighted by atomic mass is 32.2. The fourth-order valence-corrected chi connectivity index (χ4v) is 4.11. The molecule has 0 saturated carbocycles. The van der Waals surface area contributed by atoms with Crippen LogP contribution in [0.25, 0.3) is 0 Å². The van der Waals surface area contributed by atoms with Crippen molar-refractivity contribution in [2.75, 3.05) is 19.6 Å². The maximum Gasteiger partial charge on any atom is 0.240 e. The number of likely N-dealkylation sites (tertiary alicyclic amines) is 1. The van der Waals surface area contributed by atoms with Gasteiger partial charge in [0.15, 0.2) is 0 Å². The lowest BCUT2D eigenvalue weighted by molar-refractivity contribution is 0.246. The van der Waals surface area contributed by atoms with Crippen molar-refractivity contribution in [2.45, 2.75) is 23.8 Å². The van der Waals surface area contributed by atoms with Crippen LogP contribution in [0.5, 0.6) is 0 Å². The van der Waals surface area contributed by atoms with E-state index in [-0.39, 0.29) is 10.9 Å². The molecule has 24 heavy (non-hydrogen) atoms. The summed E-state index contributed by atoms with van der Waals surface area (Å²) in [6.07, 6.45) is 2.27. The number of nitrogens with one attached hydrogen (secondary N) is 1. The van der Waals surface area contributed by atoms with Gasteiger partial charge in [0.2, 0.25) is 10.0 Å². The van der Waals surface area contributed by atoms with Gasteiger partial charge in [-0.15, -0.1) is 0 Å². The van der Waals surface area contributed by atoms with Gasteiger partial charge in [-0.05, 0) is 55.8 Å². The normalized spacial score (nSPS) is 17.0. The van der Waals surface area contributed by atoms with Crippen molar-refractivity contribution in [1.82, 2.24) is 9.62 Å². The lowest BCUT2D eigenvalue weighted by atomic mass is 10.1. The molecule has 0 aliphatic carbocycles. The molecule has 6 heteroatoms. The van der Waals surface area contributed by atoms with E-state index in [9.17, 15) is 12.8 Å². The lowest BCUT2D eigenvalue weighted by Gasteiger charge is -2.28. The Balaban J connectivity index is 1.76. The Morgan fingerprint density at radius 3 is 2.25 bits per heavy atom. The van der Waals surface area contributed by atoms with Gasteiger partial charge in [0.05, 0.1) is 4.90 Å². The van der Waals surface area contributed by atoms with Crippen LogP contribution in [0, 0.1) is 5.82 Å². The van der Waals surface area contributed by atoms with Crippen LogP contribution in [-0.4, -0.2) is 33.0 Å². The van der Waals surface area contributed by atoms with Crippen molar-refractivity contribution < 1.29 is 12.8 Å². The molecule has 1 saturated heterocycles. The summed E-state index contributed by atoms with van der Waals surface area (Å²) in [6, 6.07) is 14.8. The van der Waals surface area contributed by atoms with E-state index in [4.69, 9.17) is 0 Å². The zero-order valence-corrected chi connectivity index (χ0v) is 14.2. The first-order chi connectivity index (χ1) is 11.6. The summed E-state index contributed by atoms with van der Waals surface area (Å²) in [5.74, 6) is -0.451. The smallest absolute Gasteiger partial charge is 0.240 e. The summed E-state index contributed by atoms with van der Waals surface area (Å²) in [5.41, 5.74) is 1.10. The van der Waals surface area contributed by atoms with E-state index in [1.54, 1.807) is 0 Å². The lowest BCUT2D eigenvalue weighted by Crippen LogP contribution is -2.36. The van der Waals surface area contributed by atoms with Gasteiger partial charge in [0.1, 0.15) is 5.82 Å². The Morgan fingerprint density at radius 2 is 1.62 bits per heavy atom. The Morgan fingerprint density at radius 1 is 1.00 bits per heavy atom. The molecule has 1 aliphatic heterocycles. The van der Waals surface area contributed by atoms with Gasteiger partial charge in [-0.2, -0.15) is 0 Å². The van der Waals surface area contributed by atoms with Gasteiger partial charge in [0, 0.05) is 12.6 Å². The molecule has 0 aromatic heterocycles. The van der Waals surface area contributed by atoms with Crippen molar-refractivity contribution in [1.29, 1.82) is 0 Å². The minimum absolute atomic E-state index is 0.00363. The van der Waals surface area contributed by atoms with Crippen molar-refractivity contribution >= 4 is 10.0 Å². The second-order valence-electron chi connectivity index (χ2n) is 5.98. The van der Waals surface area contributed by atoms with Crippen LogP contribution in [0.2, 0.25) is 0 Å². The molecule has 1 heterocycles. The summed E-state index contributed by atoms with van der Waals surface area (Å²) in [6.45, 7) is 2.24. The molecule has 0 spiro atoms. The number of halogens is 1. The minimum Gasteiger partial charge on any atom is -0.295 e. The van der Waals surface area contributed by atoms with Crippen LogP contribution in [0.4, 0.5) is 4.39 Å². The largest absolute Gasteiger partial charge is 0.295 e. The summed E-state index contributed by atoms with van der Waals surface area (Å²) < 4.78 is 40.6. The highest BCUT2D eigenvalue weighted by Crippen LogP contribution is 2.25. The molecule has 0 unspecified atom stereocenters. The van der Waals surface area contributed by atoms with E-state index in [1.165, 1.54) is 12.1 Å². The van der Waals surface area contributed by atoms with E-state index < -0.39 is 15.8 Å². The fraction of sp³-hybridized carbons (Fsp3) is 0.333. The fourth-order valence-electron chi connectivity index (χ4n) is 3.07. The zero-order chi connectivity index (χ0) is 17.0. The molecular formula is C18H21FN2O2S. The Bertz CT molecular complexity index is 757. The second kappa shape index (κ2) is 7.42. The SMILES string of the molecule is O=S(=O)(NC[C@H](c1ccccc1)N1CCCC1)c1ccc(F)cc1. The number of rotatable bonds is 6. The number of benzene rings is 2. The molecule has 1 atom stereocenters. The van der Waals surface area contributed by atoms with Crippen molar-refractivity contribution in [3.05, 3.63) is 66.0 Å². The number of hydrogen-bond donors (Lipinski definition) is 1. The third-order valence-corrected chi connectivity index (χ3v) is 5.80. The molecule has 2 aromatic rings. The predicted molar refractivity (Wildman–Crippen MR) is 91.6 cm³/mol. The second-order valence-corrected chi connectivity index (χ2v) is 7.74. The van der Waals surface area contributed by atoms with E-state index in [0.717, 1.165) is 43.6 Å². The van der Waals surface area contributed by atoms with Gasteiger partial charge in [-0.25, -0.2) is 17.5 Å². The van der Waals surface area contributed by atoms with E-state index in [2.05, 4.69) is 9.62 Å². The van der Waals surface area contributed by atoms with Gasteiger partial charge >= 0.3 is 0 Å². The molecule has 1 fully saturated rings. The van der Waals surface area contributed by atoms with Crippen LogP contribution in [0.1, 0.15) is 24.4 Å². The molecule has 4 nitrogen and oxygen atoms in total. The highest BCUT2D eigenvalue weighted by molar-refractivity contribution is 7.89. The zero-order valence-electron chi connectivity index (χ0n) is 13.4. The van der Waals surface area contributed by atoms with Crippen LogP contribution < -0.4 is 4.72 Å². The average Bonchev–Trinajstić information content (AvgIpc) is 3.11. The average molecular weight is 348 g/mol. The number of nitrogens with zero attached hydrogens (tertiary/aromatic N) is 1. The quantitative estimate of drug-likeness (QED) is 0.873. The van der Waals surface area contributed by atoms with Gasteiger partial charge < -0.3 is 0 Å². The molecule has 128 valence electrons.